The summed E-state index contributed by atoms with van der Waals surface area (Å²) < 4.78 is 1.05. The van der Waals surface area contributed by atoms with Crippen molar-refractivity contribution in [2.75, 3.05) is 6.54 Å². The monoisotopic (exact) mass is 255 g/mol. The molecule has 2 nitrogen and oxygen atoms in total. The number of benzene rings is 1. The normalized spacial score (nSPS) is 18.1. The number of hydrogen-bond acceptors (Lipinski definition) is 2. The van der Waals surface area contributed by atoms with Crippen LogP contribution in [0.15, 0.2) is 28.7 Å². The Labute approximate surface area is 92.5 Å². The van der Waals surface area contributed by atoms with Crippen LogP contribution in [0.4, 0.5) is 0 Å². The third kappa shape index (κ3) is 2.80. The SMILES string of the molecule is OC(CNC1CC1)c1ccc(Br)cc1. The van der Waals surface area contributed by atoms with E-state index in [4.69, 9.17) is 0 Å². The summed E-state index contributed by atoms with van der Waals surface area (Å²) in [6.45, 7) is 0.659. The van der Waals surface area contributed by atoms with Crippen LogP contribution < -0.4 is 5.32 Å². The van der Waals surface area contributed by atoms with Crippen molar-refractivity contribution in [2.45, 2.75) is 25.0 Å². The maximum Gasteiger partial charge on any atom is 0.0914 e. The topological polar surface area (TPSA) is 32.3 Å². The lowest BCUT2D eigenvalue weighted by atomic mass is 10.1. The first-order valence-electron chi connectivity index (χ1n) is 4.92. The molecule has 0 amide bonds. The van der Waals surface area contributed by atoms with Gasteiger partial charge in [0, 0.05) is 17.1 Å². The molecular weight excluding hydrogens is 242 g/mol. The summed E-state index contributed by atoms with van der Waals surface area (Å²) in [5, 5.41) is 13.1. The predicted molar refractivity (Wildman–Crippen MR) is 60.1 cm³/mol. The molecule has 0 saturated heterocycles. The van der Waals surface area contributed by atoms with Crippen LogP contribution in [0, 0.1) is 0 Å². The molecule has 0 aromatic heterocycles. The molecule has 1 aromatic carbocycles. The fourth-order valence-corrected chi connectivity index (χ4v) is 1.63. The molecule has 1 saturated carbocycles. The van der Waals surface area contributed by atoms with Crippen LogP contribution in [0.1, 0.15) is 24.5 Å². The fourth-order valence-electron chi connectivity index (χ4n) is 1.37. The van der Waals surface area contributed by atoms with Crippen molar-refractivity contribution in [3.05, 3.63) is 34.3 Å². The Balaban J connectivity index is 1.88. The van der Waals surface area contributed by atoms with E-state index in [0.29, 0.717) is 12.6 Å². The Kier molecular flexibility index (Phi) is 3.21. The zero-order valence-corrected chi connectivity index (χ0v) is 9.50. The maximum absolute atomic E-state index is 9.81. The number of hydrogen-bond donors (Lipinski definition) is 2. The van der Waals surface area contributed by atoms with E-state index in [9.17, 15) is 5.11 Å². The molecule has 0 aliphatic heterocycles. The highest BCUT2D eigenvalue weighted by atomic mass is 79.9. The summed E-state index contributed by atoms with van der Waals surface area (Å²) >= 11 is 3.37. The van der Waals surface area contributed by atoms with E-state index in [-0.39, 0.29) is 6.10 Å². The molecule has 1 aromatic rings. The quantitative estimate of drug-likeness (QED) is 0.865. The molecular formula is C11H14BrNO. The van der Waals surface area contributed by atoms with E-state index in [1.54, 1.807) is 0 Å². The fraction of sp³-hybridized carbons (Fsp3) is 0.455. The van der Waals surface area contributed by atoms with Gasteiger partial charge in [-0.3, -0.25) is 0 Å². The van der Waals surface area contributed by atoms with Crippen LogP contribution in [-0.4, -0.2) is 17.7 Å². The molecule has 1 fully saturated rings. The number of aliphatic hydroxyl groups excluding tert-OH is 1. The Morgan fingerprint density at radius 1 is 1.36 bits per heavy atom. The number of rotatable bonds is 4. The minimum atomic E-state index is -0.385. The van der Waals surface area contributed by atoms with Gasteiger partial charge in [0.05, 0.1) is 6.10 Å². The Morgan fingerprint density at radius 3 is 2.57 bits per heavy atom. The van der Waals surface area contributed by atoms with Crippen molar-refractivity contribution in [1.82, 2.24) is 5.32 Å². The molecule has 1 unspecified atom stereocenters. The third-order valence-corrected chi connectivity index (χ3v) is 2.96. The summed E-state index contributed by atoms with van der Waals surface area (Å²) in [7, 11) is 0. The molecule has 2 N–H and O–H groups in total. The van der Waals surface area contributed by atoms with E-state index in [0.717, 1.165) is 10.0 Å². The van der Waals surface area contributed by atoms with E-state index in [1.165, 1.54) is 12.8 Å². The van der Waals surface area contributed by atoms with Crippen molar-refractivity contribution >= 4 is 15.9 Å². The Morgan fingerprint density at radius 2 is 2.00 bits per heavy atom. The highest BCUT2D eigenvalue weighted by Gasteiger charge is 2.21. The molecule has 1 atom stereocenters. The van der Waals surface area contributed by atoms with Crippen LogP contribution in [0.2, 0.25) is 0 Å². The second kappa shape index (κ2) is 4.43. The van der Waals surface area contributed by atoms with Gasteiger partial charge >= 0.3 is 0 Å². The van der Waals surface area contributed by atoms with Crippen LogP contribution in [0.3, 0.4) is 0 Å². The van der Waals surface area contributed by atoms with Crippen molar-refractivity contribution in [3.8, 4) is 0 Å². The van der Waals surface area contributed by atoms with Crippen molar-refractivity contribution in [3.63, 3.8) is 0 Å². The largest absolute Gasteiger partial charge is 0.387 e. The lowest BCUT2D eigenvalue weighted by Crippen LogP contribution is -2.23. The first-order chi connectivity index (χ1) is 6.75. The van der Waals surface area contributed by atoms with Crippen LogP contribution in [0.25, 0.3) is 0 Å². The molecule has 0 bridgehead atoms. The van der Waals surface area contributed by atoms with E-state index >= 15 is 0 Å². The van der Waals surface area contributed by atoms with Gasteiger partial charge < -0.3 is 10.4 Å². The first-order valence-corrected chi connectivity index (χ1v) is 5.72. The molecule has 0 spiro atoms. The van der Waals surface area contributed by atoms with Gasteiger partial charge in [0.1, 0.15) is 0 Å². The molecule has 0 heterocycles. The molecule has 1 aliphatic rings. The average Bonchev–Trinajstić information content (AvgIpc) is 2.99. The second-order valence-electron chi connectivity index (χ2n) is 3.75. The molecule has 14 heavy (non-hydrogen) atoms. The second-order valence-corrected chi connectivity index (χ2v) is 4.67. The summed E-state index contributed by atoms with van der Waals surface area (Å²) in [4.78, 5) is 0. The number of nitrogens with one attached hydrogen (secondary N) is 1. The van der Waals surface area contributed by atoms with Crippen molar-refractivity contribution in [1.29, 1.82) is 0 Å². The lowest BCUT2D eigenvalue weighted by molar-refractivity contribution is 0.174. The van der Waals surface area contributed by atoms with Gasteiger partial charge in [-0.05, 0) is 30.5 Å². The van der Waals surface area contributed by atoms with E-state index in [2.05, 4.69) is 21.2 Å². The zero-order chi connectivity index (χ0) is 9.97. The van der Waals surface area contributed by atoms with Crippen molar-refractivity contribution in [2.24, 2.45) is 0 Å². The third-order valence-electron chi connectivity index (χ3n) is 2.43. The van der Waals surface area contributed by atoms with E-state index in [1.807, 2.05) is 24.3 Å². The van der Waals surface area contributed by atoms with Gasteiger partial charge in [0.15, 0.2) is 0 Å². The number of aliphatic hydroxyl groups is 1. The molecule has 1 aliphatic carbocycles. The zero-order valence-electron chi connectivity index (χ0n) is 7.91. The minimum absolute atomic E-state index is 0.385. The van der Waals surface area contributed by atoms with Crippen LogP contribution >= 0.6 is 15.9 Å². The maximum atomic E-state index is 9.81. The predicted octanol–water partition coefficient (Wildman–Crippen LogP) is 2.23. The Bertz CT molecular complexity index is 295. The molecule has 3 heteroatoms. The van der Waals surface area contributed by atoms with Gasteiger partial charge in [0.2, 0.25) is 0 Å². The smallest absolute Gasteiger partial charge is 0.0914 e. The van der Waals surface area contributed by atoms with Gasteiger partial charge in [0.25, 0.3) is 0 Å². The first kappa shape index (κ1) is 10.1. The van der Waals surface area contributed by atoms with Crippen molar-refractivity contribution < 1.29 is 5.11 Å². The molecule has 2 rings (SSSR count). The standard InChI is InChI=1S/C11H14BrNO/c12-9-3-1-8(2-4-9)11(14)7-13-10-5-6-10/h1-4,10-11,13-14H,5-7H2. The molecule has 76 valence electrons. The summed E-state index contributed by atoms with van der Waals surface area (Å²) in [6, 6.07) is 8.46. The Hall–Kier alpha value is -0.380. The number of halogens is 1. The van der Waals surface area contributed by atoms with E-state index < -0.39 is 0 Å². The molecule has 0 radical (unpaired) electrons. The summed E-state index contributed by atoms with van der Waals surface area (Å²) in [5.74, 6) is 0. The average molecular weight is 256 g/mol. The summed E-state index contributed by atoms with van der Waals surface area (Å²) in [6.07, 6.45) is 2.13. The minimum Gasteiger partial charge on any atom is -0.387 e. The van der Waals surface area contributed by atoms with Gasteiger partial charge in [-0.25, -0.2) is 0 Å². The summed E-state index contributed by atoms with van der Waals surface area (Å²) in [5.41, 5.74) is 0.973. The van der Waals surface area contributed by atoms with Crippen LogP contribution in [0.5, 0.6) is 0 Å². The van der Waals surface area contributed by atoms with Crippen LogP contribution in [-0.2, 0) is 0 Å². The van der Waals surface area contributed by atoms with Gasteiger partial charge in [-0.15, -0.1) is 0 Å². The highest BCUT2D eigenvalue weighted by Crippen LogP contribution is 2.21. The lowest BCUT2D eigenvalue weighted by Gasteiger charge is -2.11. The highest BCUT2D eigenvalue weighted by molar-refractivity contribution is 9.10. The van der Waals surface area contributed by atoms with Gasteiger partial charge in [-0.2, -0.15) is 0 Å². The van der Waals surface area contributed by atoms with Gasteiger partial charge in [-0.1, -0.05) is 28.1 Å².